The number of hydrogen-bond donors (Lipinski definition) is 0. The summed E-state index contributed by atoms with van der Waals surface area (Å²) < 4.78 is 0. The molecule has 0 heterocycles. The maximum Gasteiger partial charge on any atom is -0.0326 e. The Kier molecular flexibility index (Phi) is 10.4. The van der Waals surface area contributed by atoms with Gasteiger partial charge >= 0.3 is 0 Å². The van der Waals surface area contributed by atoms with Crippen LogP contribution >= 0.6 is 0 Å². The molecule has 2 unspecified atom stereocenters. The lowest BCUT2D eigenvalue weighted by atomic mass is 9.71. The van der Waals surface area contributed by atoms with Gasteiger partial charge in [-0.3, -0.25) is 0 Å². The van der Waals surface area contributed by atoms with Gasteiger partial charge in [0.1, 0.15) is 0 Å². The molecule has 27 heavy (non-hydrogen) atoms. The van der Waals surface area contributed by atoms with Gasteiger partial charge in [0.05, 0.1) is 0 Å². The van der Waals surface area contributed by atoms with Crippen LogP contribution in [-0.4, -0.2) is 0 Å². The Morgan fingerprint density at radius 1 is 0.741 bits per heavy atom. The molecule has 0 aliphatic heterocycles. The Morgan fingerprint density at radius 3 is 1.85 bits per heavy atom. The van der Waals surface area contributed by atoms with Crippen molar-refractivity contribution in [1.82, 2.24) is 0 Å². The van der Waals surface area contributed by atoms with Crippen LogP contribution in [0.2, 0.25) is 0 Å². The molecule has 0 radical (unpaired) electrons. The number of hydrogen-bond acceptors (Lipinski definition) is 0. The van der Waals surface area contributed by atoms with E-state index in [0.29, 0.717) is 16.2 Å². The lowest BCUT2D eigenvalue weighted by Gasteiger charge is -2.34. The molecule has 0 N–H and O–H groups in total. The fourth-order valence-electron chi connectivity index (χ4n) is 5.63. The van der Waals surface area contributed by atoms with E-state index in [2.05, 4.69) is 55.4 Å². The van der Waals surface area contributed by atoms with Crippen LogP contribution in [0.5, 0.6) is 0 Å². The summed E-state index contributed by atoms with van der Waals surface area (Å²) in [5.74, 6) is 1.67. The van der Waals surface area contributed by atoms with E-state index < -0.39 is 0 Å². The molecule has 0 saturated heterocycles. The van der Waals surface area contributed by atoms with Gasteiger partial charge in [-0.25, -0.2) is 0 Å². The molecule has 162 valence electrons. The average molecular weight is 379 g/mol. The van der Waals surface area contributed by atoms with Gasteiger partial charge in [0.25, 0.3) is 0 Å². The summed E-state index contributed by atoms with van der Waals surface area (Å²) >= 11 is 0. The zero-order valence-corrected chi connectivity index (χ0v) is 20.6. The zero-order valence-electron chi connectivity index (χ0n) is 20.6. The van der Waals surface area contributed by atoms with Crippen molar-refractivity contribution in [3.05, 3.63) is 0 Å². The van der Waals surface area contributed by atoms with E-state index >= 15 is 0 Å². The van der Waals surface area contributed by atoms with E-state index in [1.165, 1.54) is 89.9 Å². The second kappa shape index (κ2) is 11.3. The molecule has 1 fully saturated rings. The first-order valence-electron chi connectivity index (χ1n) is 12.5. The molecule has 0 heteroatoms. The van der Waals surface area contributed by atoms with Gasteiger partial charge in [-0.15, -0.1) is 0 Å². The minimum absolute atomic E-state index is 0.500. The lowest BCUT2D eigenvalue weighted by Crippen LogP contribution is -2.24. The minimum atomic E-state index is 0.500. The third-order valence-corrected chi connectivity index (χ3v) is 7.95. The Labute approximate surface area is 173 Å². The number of rotatable bonds is 8. The SMILES string of the molecule is CC(C)CC(C)(C)C(C)CCCCC1(C)CCCCCC(C)(C)CCCC1. The molecule has 1 aliphatic rings. The molecule has 0 amide bonds. The maximum atomic E-state index is 2.61. The molecular weight excluding hydrogens is 324 g/mol. The van der Waals surface area contributed by atoms with Crippen LogP contribution in [0, 0.1) is 28.1 Å². The van der Waals surface area contributed by atoms with Crippen molar-refractivity contribution >= 4 is 0 Å². The van der Waals surface area contributed by atoms with Gasteiger partial charge in [0, 0.05) is 0 Å². The predicted octanol–water partition coefficient (Wildman–Crippen LogP) is 9.81. The molecule has 1 aliphatic carbocycles. The van der Waals surface area contributed by atoms with E-state index in [9.17, 15) is 0 Å². The predicted molar refractivity (Wildman–Crippen MR) is 124 cm³/mol. The van der Waals surface area contributed by atoms with Crippen molar-refractivity contribution in [3.8, 4) is 0 Å². The van der Waals surface area contributed by atoms with Crippen LogP contribution in [0.4, 0.5) is 0 Å². The molecule has 0 aromatic heterocycles. The van der Waals surface area contributed by atoms with Gasteiger partial charge in [-0.05, 0) is 66.6 Å². The second-order valence-corrected chi connectivity index (χ2v) is 12.5. The van der Waals surface area contributed by atoms with Gasteiger partial charge in [0.15, 0.2) is 0 Å². The molecule has 0 aromatic carbocycles. The third-order valence-electron chi connectivity index (χ3n) is 7.95. The highest BCUT2D eigenvalue weighted by Crippen LogP contribution is 2.41. The topological polar surface area (TPSA) is 0 Å². The van der Waals surface area contributed by atoms with Crippen LogP contribution in [0.3, 0.4) is 0 Å². The van der Waals surface area contributed by atoms with Crippen LogP contribution in [0.25, 0.3) is 0 Å². The van der Waals surface area contributed by atoms with E-state index in [1.807, 2.05) is 0 Å². The van der Waals surface area contributed by atoms with Gasteiger partial charge in [-0.2, -0.15) is 0 Å². The Bertz CT molecular complexity index is 389. The van der Waals surface area contributed by atoms with E-state index in [-0.39, 0.29) is 0 Å². The average Bonchev–Trinajstić information content (AvgIpc) is 2.56. The molecular formula is C27H54. The quantitative estimate of drug-likeness (QED) is 0.368. The highest BCUT2D eigenvalue weighted by Gasteiger charge is 2.28. The monoisotopic (exact) mass is 378 g/mol. The summed E-state index contributed by atoms with van der Waals surface area (Å²) in [4.78, 5) is 0. The summed E-state index contributed by atoms with van der Waals surface area (Å²) in [5.41, 5.74) is 1.70. The summed E-state index contributed by atoms with van der Waals surface area (Å²) in [6, 6.07) is 0. The minimum Gasteiger partial charge on any atom is -0.0628 e. The van der Waals surface area contributed by atoms with Gasteiger partial charge in [-0.1, -0.05) is 107 Å². The Morgan fingerprint density at radius 2 is 1.26 bits per heavy atom. The van der Waals surface area contributed by atoms with Crippen molar-refractivity contribution in [2.75, 3.05) is 0 Å². The summed E-state index contributed by atoms with van der Waals surface area (Å²) in [6.07, 6.45) is 20.2. The van der Waals surface area contributed by atoms with Crippen molar-refractivity contribution < 1.29 is 0 Å². The molecule has 1 saturated carbocycles. The Hall–Kier alpha value is 0. The van der Waals surface area contributed by atoms with E-state index in [1.54, 1.807) is 0 Å². The molecule has 2 atom stereocenters. The first-order chi connectivity index (χ1) is 12.5. The van der Waals surface area contributed by atoms with Gasteiger partial charge < -0.3 is 0 Å². The van der Waals surface area contributed by atoms with Crippen LogP contribution < -0.4 is 0 Å². The van der Waals surface area contributed by atoms with E-state index in [0.717, 1.165) is 11.8 Å². The maximum absolute atomic E-state index is 2.61. The molecule has 1 rings (SSSR count). The van der Waals surface area contributed by atoms with Crippen LogP contribution in [0.15, 0.2) is 0 Å². The van der Waals surface area contributed by atoms with Crippen molar-refractivity contribution in [2.24, 2.45) is 28.1 Å². The summed E-state index contributed by atoms with van der Waals surface area (Å²) in [6.45, 7) is 19.8. The summed E-state index contributed by atoms with van der Waals surface area (Å²) in [7, 11) is 0. The highest BCUT2D eigenvalue weighted by molar-refractivity contribution is 4.79. The normalized spacial score (nSPS) is 26.6. The van der Waals surface area contributed by atoms with Crippen molar-refractivity contribution in [2.45, 2.75) is 145 Å². The first-order valence-corrected chi connectivity index (χ1v) is 12.5. The fourth-order valence-corrected chi connectivity index (χ4v) is 5.63. The number of unbranched alkanes of at least 4 members (excludes halogenated alkanes) is 1. The third kappa shape index (κ3) is 10.4. The highest BCUT2D eigenvalue weighted by atomic mass is 14.3. The zero-order chi connectivity index (χ0) is 20.6. The first kappa shape index (κ1) is 25.0. The summed E-state index contributed by atoms with van der Waals surface area (Å²) in [5, 5.41) is 0. The molecule has 0 aromatic rings. The Balaban J connectivity index is 2.42. The standard InChI is InChI=1S/C27H54/c1-23(2)22-26(6,7)24(3)16-10-13-20-27(8)19-12-9-11-17-25(4,5)18-14-15-21-27/h23-24H,9-22H2,1-8H3. The smallest absolute Gasteiger partial charge is 0.0326 e. The molecule has 0 nitrogen and oxygen atoms in total. The van der Waals surface area contributed by atoms with E-state index in [4.69, 9.17) is 0 Å². The largest absolute Gasteiger partial charge is 0.0628 e. The molecule has 0 bridgehead atoms. The van der Waals surface area contributed by atoms with Crippen molar-refractivity contribution in [3.63, 3.8) is 0 Å². The van der Waals surface area contributed by atoms with Gasteiger partial charge in [0.2, 0.25) is 0 Å². The lowest BCUT2D eigenvalue weighted by molar-refractivity contribution is 0.166. The fraction of sp³-hybridized carbons (Fsp3) is 1.00. The van der Waals surface area contributed by atoms with Crippen molar-refractivity contribution in [1.29, 1.82) is 0 Å². The van der Waals surface area contributed by atoms with Crippen LogP contribution in [-0.2, 0) is 0 Å². The van der Waals surface area contributed by atoms with Crippen LogP contribution in [0.1, 0.15) is 145 Å². The second-order valence-electron chi connectivity index (χ2n) is 12.5. The molecule has 0 spiro atoms.